The lowest BCUT2D eigenvalue weighted by molar-refractivity contribution is -0.195. The molecule has 2 aliphatic rings. The first-order valence-electron chi connectivity index (χ1n) is 7.90. The first kappa shape index (κ1) is 16.9. The fraction of sp³-hybridized carbons (Fsp3) is 0.588. The molecule has 0 spiro atoms. The molecule has 1 saturated heterocycles. The van der Waals surface area contributed by atoms with E-state index in [1.807, 2.05) is 20.8 Å². The minimum Gasteiger partial charge on any atom is -0.506 e. The average molecular weight is 342 g/mol. The number of nitrogens with zero attached hydrogens (tertiary/aromatic N) is 1. The Labute approximate surface area is 138 Å². The minimum absolute atomic E-state index is 0.0587. The second-order valence-electron chi connectivity index (χ2n) is 7.54. The molecule has 0 unspecified atom stereocenters. The molecule has 24 heavy (non-hydrogen) atoms. The molecule has 4 nitrogen and oxygen atoms in total. The number of nitrogens with two attached hydrogens (primary N) is 1. The van der Waals surface area contributed by atoms with Crippen LogP contribution < -0.4 is 5.73 Å². The van der Waals surface area contributed by atoms with E-state index in [-0.39, 0.29) is 24.4 Å². The summed E-state index contributed by atoms with van der Waals surface area (Å²) in [6.45, 7) is 5.87. The van der Waals surface area contributed by atoms with Gasteiger partial charge in [-0.3, -0.25) is 4.79 Å². The number of phenolic OH excluding ortho intramolecular Hbond substituents is 1. The van der Waals surface area contributed by atoms with Crippen LogP contribution in [-0.2, 0) is 16.6 Å². The van der Waals surface area contributed by atoms with Gasteiger partial charge in [-0.2, -0.15) is 13.2 Å². The highest BCUT2D eigenvalue weighted by atomic mass is 19.4. The van der Waals surface area contributed by atoms with Gasteiger partial charge in [-0.1, -0.05) is 26.8 Å². The smallest absolute Gasteiger partial charge is 0.471 e. The van der Waals surface area contributed by atoms with Crippen molar-refractivity contribution in [1.82, 2.24) is 4.90 Å². The molecule has 7 heteroatoms. The molecule has 1 heterocycles. The molecule has 2 bridgehead atoms. The van der Waals surface area contributed by atoms with Gasteiger partial charge in [0.15, 0.2) is 0 Å². The Balaban J connectivity index is 2.16. The van der Waals surface area contributed by atoms with Crippen LogP contribution in [0.2, 0.25) is 0 Å². The van der Waals surface area contributed by atoms with Gasteiger partial charge in [0.05, 0.1) is 5.69 Å². The van der Waals surface area contributed by atoms with Gasteiger partial charge in [0.1, 0.15) is 5.75 Å². The topological polar surface area (TPSA) is 66.6 Å². The number of alkyl halides is 3. The van der Waals surface area contributed by atoms with Crippen LogP contribution in [0.4, 0.5) is 18.9 Å². The highest BCUT2D eigenvalue weighted by molar-refractivity contribution is 5.83. The van der Waals surface area contributed by atoms with Crippen LogP contribution >= 0.6 is 0 Å². The molecule has 1 aliphatic heterocycles. The molecule has 2 atom stereocenters. The zero-order valence-corrected chi connectivity index (χ0v) is 13.9. The number of halogens is 3. The van der Waals surface area contributed by atoms with E-state index >= 15 is 0 Å². The first-order chi connectivity index (χ1) is 10.9. The highest BCUT2D eigenvalue weighted by Gasteiger charge is 2.59. The number of fused-ring (bicyclic) bond motifs is 4. The van der Waals surface area contributed by atoms with Crippen molar-refractivity contribution in [2.45, 2.75) is 51.2 Å². The van der Waals surface area contributed by atoms with Gasteiger partial charge in [0.25, 0.3) is 0 Å². The summed E-state index contributed by atoms with van der Waals surface area (Å²) in [7, 11) is 0. The van der Waals surface area contributed by atoms with Gasteiger partial charge < -0.3 is 15.7 Å². The van der Waals surface area contributed by atoms with Crippen LogP contribution in [0.15, 0.2) is 12.1 Å². The van der Waals surface area contributed by atoms with Crippen LogP contribution in [0, 0.1) is 5.41 Å². The molecular weight excluding hydrogens is 321 g/mol. The summed E-state index contributed by atoms with van der Waals surface area (Å²) in [5.41, 5.74) is 6.82. The van der Waals surface area contributed by atoms with E-state index in [1.54, 1.807) is 6.07 Å². The fourth-order valence-electron chi connectivity index (χ4n) is 4.41. The molecule has 0 aromatic heterocycles. The molecule has 1 fully saturated rings. The van der Waals surface area contributed by atoms with Gasteiger partial charge in [-0.15, -0.1) is 0 Å². The zero-order valence-electron chi connectivity index (χ0n) is 13.9. The number of nitrogen functional groups attached to an aromatic ring is 1. The maximum Gasteiger partial charge on any atom is 0.471 e. The van der Waals surface area contributed by atoms with E-state index in [2.05, 4.69) is 0 Å². The number of carbonyl (C=O) groups excluding carboxylic acids is 1. The number of likely N-dealkylation sites (tertiary alicyclic amines) is 1. The Morgan fingerprint density at radius 2 is 1.96 bits per heavy atom. The Morgan fingerprint density at radius 1 is 1.33 bits per heavy atom. The average Bonchev–Trinajstić information content (AvgIpc) is 2.45. The molecule has 3 N–H and O–H groups in total. The Kier molecular flexibility index (Phi) is 3.38. The third-order valence-corrected chi connectivity index (χ3v) is 6.31. The lowest BCUT2D eigenvalue weighted by atomic mass is 9.51. The molecule has 3 rings (SSSR count). The largest absolute Gasteiger partial charge is 0.506 e. The second kappa shape index (κ2) is 4.80. The summed E-state index contributed by atoms with van der Waals surface area (Å²) in [5.74, 6) is -1.88. The maximum atomic E-state index is 13.0. The number of carbonyl (C=O) groups is 1. The minimum atomic E-state index is -4.89. The lowest BCUT2D eigenvalue weighted by Crippen LogP contribution is -2.66. The van der Waals surface area contributed by atoms with Gasteiger partial charge in [-0.05, 0) is 35.4 Å². The van der Waals surface area contributed by atoms with Crippen LogP contribution in [0.3, 0.4) is 0 Å². The van der Waals surface area contributed by atoms with Crippen molar-refractivity contribution in [3.8, 4) is 5.75 Å². The van der Waals surface area contributed by atoms with Crippen molar-refractivity contribution >= 4 is 11.6 Å². The van der Waals surface area contributed by atoms with Gasteiger partial charge in [-0.25, -0.2) is 0 Å². The highest BCUT2D eigenvalue weighted by Crippen LogP contribution is 2.57. The standard InChI is InChI=1S/C17H21F3N2O2/c1-15(2)12-8-9-10(4-5-11(23)13(9)21)16(15,3)6-7-22(12)14(24)17(18,19)20/h4-5,12,23H,6-8,21H2,1-3H3/t12-,16+/m1/s1. The predicted octanol–water partition coefficient (Wildman–Crippen LogP) is 2.98. The van der Waals surface area contributed by atoms with Crippen LogP contribution in [0.25, 0.3) is 0 Å². The molecule has 1 aromatic carbocycles. The van der Waals surface area contributed by atoms with E-state index in [9.17, 15) is 23.1 Å². The fourth-order valence-corrected chi connectivity index (χ4v) is 4.41. The number of aromatic hydroxyl groups is 1. The van der Waals surface area contributed by atoms with Gasteiger partial charge >= 0.3 is 12.1 Å². The second-order valence-corrected chi connectivity index (χ2v) is 7.54. The maximum absolute atomic E-state index is 13.0. The third-order valence-electron chi connectivity index (χ3n) is 6.31. The number of rotatable bonds is 0. The number of anilines is 1. The monoisotopic (exact) mass is 342 g/mol. The Bertz CT molecular complexity index is 715. The van der Waals surface area contributed by atoms with Crippen molar-refractivity contribution in [3.63, 3.8) is 0 Å². The number of benzene rings is 1. The molecule has 1 amide bonds. The number of amides is 1. The lowest BCUT2D eigenvalue weighted by Gasteiger charge is -2.60. The first-order valence-corrected chi connectivity index (χ1v) is 7.90. The summed E-state index contributed by atoms with van der Waals surface area (Å²) >= 11 is 0. The molecule has 1 aliphatic carbocycles. The number of phenols is 1. The van der Waals surface area contributed by atoms with Gasteiger partial charge in [0.2, 0.25) is 0 Å². The number of hydrogen-bond acceptors (Lipinski definition) is 3. The van der Waals surface area contributed by atoms with Crippen molar-refractivity contribution in [1.29, 1.82) is 0 Å². The van der Waals surface area contributed by atoms with Crippen LogP contribution in [0.1, 0.15) is 38.3 Å². The van der Waals surface area contributed by atoms with Gasteiger partial charge in [0, 0.05) is 18.0 Å². The summed E-state index contributed by atoms with van der Waals surface area (Å²) in [6.07, 6.45) is -4.27. The molecule has 132 valence electrons. The molecular formula is C17H21F3N2O2. The van der Waals surface area contributed by atoms with Crippen molar-refractivity contribution in [2.24, 2.45) is 5.41 Å². The summed E-state index contributed by atoms with van der Waals surface area (Å²) in [5, 5.41) is 9.87. The zero-order chi connectivity index (χ0) is 18.1. The molecule has 1 aromatic rings. The SMILES string of the molecule is CC1(C)[C@H]2Cc3c(ccc(O)c3N)[C@]1(C)CCN2C(=O)C(F)(F)F. The van der Waals surface area contributed by atoms with E-state index < -0.39 is 29.0 Å². The van der Waals surface area contributed by atoms with Crippen molar-refractivity contribution in [3.05, 3.63) is 23.3 Å². The van der Waals surface area contributed by atoms with Crippen LogP contribution in [-0.4, -0.2) is 34.7 Å². The van der Waals surface area contributed by atoms with E-state index in [0.717, 1.165) is 10.5 Å². The van der Waals surface area contributed by atoms with E-state index in [4.69, 9.17) is 5.73 Å². The summed E-state index contributed by atoms with van der Waals surface area (Å²) in [6, 6.07) is 2.71. The number of piperidine rings is 1. The Morgan fingerprint density at radius 3 is 2.54 bits per heavy atom. The van der Waals surface area contributed by atoms with Crippen molar-refractivity contribution < 1.29 is 23.1 Å². The summed E-state index contributed by atoms with van der Waals surface area (Å²) in [4.78, 5) is 12.8. The molecule has 0 radical (unpaired) electrons. The van der Waals surface area contributed by atoms with Crippen LogP contribution in [0.5, 0.6) is 5.75 Å². The number of hydrogen-bond donors (Lipinski definition) is 2. The molecule has 0 saturated carbocycles. The third kappa shape index (κ3) is 2.03. The van der Waals surface area contributed by atoms with E-state index in [0.29, 0.717) is 12.0 Å². The van der Waals surface area contributed by atoms with E-state index in [1.165, 1.54) is 6.07 Å². The quantitative estimate of drug-likeness (QED) is 0.563. The Hall–Kier alpha value is -1.92. The summed E-state index contributed by atoms with van der Waals surface area (Å²) < 4.78 is 39.0. The predicted molar refractivity (Wildman–Crippen MR) is 83.5 cm³/mol. The van der Waals surface area contributed by atoms with Crippen molar-refractivity contribution in [2.75, 3.05) is 12.3 Å². The normalized spacial score (nSPS) is 28.4.